The molecule has 1 aromatic carbocycles. The molecule has 2 aromatic heterocycles. The summed E-state index contributed by atoms with van der Waals surface area (Å²) in [5.74, 6) is 0. The Hall–Kier alpha value is -1.71. The average molecular weight is 296 g/mol. The summed E-state index contributed by atoms with van der Waals surface area (Å²) in [5, 5.41) is 4.87. The zero-order valence-corrected chi connectivity index (χ0v) is 13.5. The van der Waals surface area contributed by atoms with Gasteiger partial charge in [0.2, 0.25) is 0 Å². The Morgan fingerprint density at radius 1 is 1.19 bits per heavy atom. The number of nitrogens with one attached hydrogen (secondary N) is 1. The first kappa shape index (κ1) is 14.2. The van der Waals surface area contributed by atoms with Gasteiger partial charge in [-0.1, -0.05) is 18.2 Å². The Bertz CT molecular complexity index is 756. The molecule has 3 aromatic rings. The number of hydrogen-bond donors (Lipinski definition) is 1. The molecule has 0 aliphatic heterocycles. The number of rotatable bonds is 4. The first-order chi connectivity index (χ1) is 10.1. The molecule has 3 heteroatoms. The minimum Gasteiger partial charge on any atom is -0.306 e. The van der Waals surface area contributed by atoms with Gasteiger partial charge in [-0.15, -0.1) is 11.3 Å². The van der Waals surface area contributed by atoms with Crippen molar-refractivity contribution in [2.75, 3.05) is 0 Å². The van der Waals surface area contributed by atoms with E-state index in [0.717, 1.165) is 12.1 Å². The largest absolute Gasteiger partial charge is 0.306 e. The van der Waals surface area contributed by atoms with E-state index >= 15 is 0 Å². The smallest absolute Gasteiger partial charge is 0.0705 e. The number of fused-ring (bicyclic) bond motifs is 1. The zero-order valence-electron chi connectivity index (χ0n) is 12.7. The van der Waals surface area contributed by atoms with Crippen LogP contribution in [-0.2, 0) is 6.54 Å². The molecule has 0 aliphatic rings. The highest BCUT2D eigenvalue weighted by Crippen LogP contribution is 2.26. The van der Waals surface area contributed by atoms with Crippen LogP contribution in [0.1, 0.15) is 33.8 Å². The van der Waals surface area contributed by atoms with Crippen LogP contribution in [0.15, 0.2) is 42.6 Å². The Morgan fingerprint density at radius 3 is 2.76 bits per heavy atom. The molecule has 1 atom stereocenters. The predicted octanol–water partition coefficient (Wildman–Crippen LogP) is 4.76. The third-order valence-electron chi connectivity index (χ3n) is 3.88. The van der Waals surface area contributed by atoms with E-state index in [1.54, 1.807) is 0 Å². The molecule has 0 saturated heterocycles. The number of aryl methyl sites for hydroxylation is 2. The normalized spacial score (nSPS) is 12.7. The summed E-state index contributed by atoms with van der Waals surface area (Å²) in [7, 11) is 0. The van der Waals surface area contributed by atoms with E-state index in [-0.39, 0.29) is 0 Å². The molecule has 0 saturated carbocycles. The van der Waals surface area contributed by atoms with E-state index in [1.165, 1.54) is 26.3 Å². The van der Waals surface area contributed by atoms with Gasteiger partial charge in [-0.25, -0.2) is 0 Å². The average Bonchev–Trinajstić information content (AvgIpc) is 2.83. The highest BCUT2D eigenvalue weighted by Gasteiger charge is 2.11. The fraction of sp³-hybridized carbons (Fsp3) is 0.278. The van der Waals surface area contributed by atoms with Gasteiger partial charge in [0.15, 0.2) is 0 Å². The number of para-hydroxylation sites is 1. The second-order valence-corrected chi connectivity index (χ2v) is 6.92. The summed E-state index contributed by atoms with van der Waals surface area (Å²) in [6.45, 7) is 7.47. The highest BCUT2D eigenvalue weighted by atomic mass is 32.1. The van der Waals surface area contributed by atoms with Crippen molar-refractivity contribution in [3.63, 3.8) is 0 Å². The zero-order chi connectivity index (χ0) is 14.8. The van der Waals surface area contributed by atoms with E-state index in [0.29, 0.717) is 6.04 Å². The van der Waals surface area contributed by atoms with Gasteiger partial charge in [0.05, 0.1) is 5.52 Å². The lowest BCUT2D eigenvalue weighted by Gasteiger charge is -2.15. The molecule has 1 unspecified atom stereocenters. The summed E-state index contributed by atoms with van der Waals surface area (Å²) < 4.78 is 0. The first-order valence-electron chi connectivity index (χ1n) is 7.28. The number of nitrogens with zero attached hydrogens (tertiary/aromatic N) is 1. The van der Waals surface area contributed by atoms with E-state index in [1.807, 2.05) is 23.6 Å². The summed E-state index contributed by atoms with van der Waals surface area (Å²) >= 11 is 1.87. The van der Waals surface area contributed by atoms with Crippen LogP contribution in [0.5, 0.6) is 0 Å². The minimum absolute atomic E-state index is 0.363. The van der Waals surface area contributed by atoms with Gasteiger partial charge >= 0.3 is 0 Å². The van der Waals surface area contributed by atoms with Crippen LogP contribution >= 0.6 is 11.3 Å². The van der Waals surface area contributed by atoms with Crippen LogP contribution in [0.2, 0.25) is 0 Å². The van der Waals surface area contributed by atoms with Crippen molar-refractivity contribution in [3.05, 3.63) is 63.5 Å². The minimum atomic E-state index is 0.363. The number of aromatic nitrogens is 1. The van der Waals surface area contributed by atoms with Gasteiger partial charge in [-0.2, -0.15) is 0 Å². The summed E-state index contributed by atoms with van der Waals surface area (Å²) in [6, 6.07) is 13.1. The number of benzene rings is 1. The predicted molar refractivity (Wildman–Crippen MR) is 90.8 cm³/mol. The molecular weight excluding hydrogens is 276 g/mol. The van der Waals surface area contributed by atoms with E-state index in [4.69, 9.17) is 0 Å². The van der Waals surface area contributed by atoms with Crippen molar-refractivity contribution in [1.82, 2.24) is 10.3 Å². The topological polar surface area (TPSA) is 24.9 Å². The molecular formula is C18H20N2S. The lowest BCUT2D eigenvalue weighted by Crippen LogP contribution is -2.18. The summed E-state index contributed by atoms with van der Waals surface area (Å²) in [6.07, 6.45) is 1.89. The number of hydrogen-bond acceptors (Lipinski definition) is 3. The van der Waals surface area contributed by atoms with Gasteiger partial charge in [0, 0.05) is 33.9 Å². The van der Waals surface area contributed by atoms with Crippen molar-refractivity contribution in [2.45, 2.75) is 33.4 Å². The molecule has 0 amide bonds. The lowest BCUT2D eigenvalue weighted by molar-refractivity contribution is 0.575. The highest BCUT2D eigenvalue weighted by molar-refractivity contribution is 7.12. The maximum Gasteiger partial charge on any atom is 0.0705 e. The van der Waals surface area contributed by atoms with Crippen molar-refractivity contribution >= 4 is 22.2 Å². The Morgan fingerprint density at radius 2 is 2.00 bits per heavy atom. The van der Waals surface area contributed by atoms with Crippen molar-refractivity contribution in [1.29, 1.82) is 0 Å². The van der Waals surface area contributed by atoms with Gasteiger partial charge in [0.25, 0.3) is 0 Å². The molecule has 3 rings (SSSR count). The molecule has 0 aliphatic carbocycles. The van der Waals surface area contributed by atoms with E-state index in [9.17, 15) is 0 Å². The molecule has 0 spiro atoms. The molecule has 0 radical (unpaired) electrons. The quantitative estimate of drug-likeness (QED) is 0.750. The molecule has 108 valence electrons. The standard InChI is InChI=1S/C18H20N2S/c1-12-10-17(14(3)21-12)13(2)20-11-15-8-9-19-18-7-5-4-6-16(15)18/h4-10,13,20H,11H2,1-3H3. The van der Waals surface area contributed by atoms with Crippen LogP contribution in [0.3, 0.4) is 0 Å². The number of thiophene rings is 1. The third-order valence-corrected chi connectivity index (χ3v) is 4.87. The monoisotopic (exact) mass is 296 g/mol. The number of pyridine rings is 1. The molecule has 0 bridgehead atoms. The molecule has 2 nitrogen and oxygen atoms in total. The van der Waals surface area contributed by atoms with Crippen molar-refractivity contribution in [3.8, 4) is 0 Å². The molecule has 1 N–H and O–H groups in total. The van der Waals surface area contributed by atoms with Crippen molar-refractivity contribution in [2.24, 2.45) is 0 Å². The summed E-state index contributed by atoms with van der Waals surface area (Å²) in [5.41, 5.74) is 3.78. The first-order valence-corrected chi connectivity index (χ1v) is 8.10. The fourth-order valence-electron chi connectivity index (χ4n) is 2.76. The van der Waals surface area contributed by atoms with E-state index < -0.39 is 0 Å². The lowest BCUT2D eigenvalue weighted by atomic mass is 10.1. The van der Waals surface area contributed by atoms with Gasteiger partial charge in [-0.05, 0) is 50.1 Å². The van der Waals surface area contributed by atoms with Crippen LogP contribution in [-0.4, -0.2) is 4.98 Å². The second kappa shape index (κ2) is 5.96. The van der Waals surface area contributed by atoms with Gasteiger partial charge in [-0.3, -0.25) is 4.98 Å². The molecule has 2 heterocycles. The maximum absolute atomic E-state index is 4.42. The van der Waals surface area contributed by atoms with Crippen molar-refractivity contribution < 1.29 is 0 Å². The van der Waals surface area contributed by atoms with Crippen LogP contribution < -0.4 is 5.32 Å². The van der Waals surface area contributed by atoms with Crippen LogP contribution in [0.4, 0.5) is 0 Å². The Balaban J connectivity index is 1.79. The van der Waals surface area contributed by atoms with Crippen LogP contribution in [0.25, 0.3) is 10.9 Å². The Kier molecular flexibility index (Phi) is 4.04. The van der Waals surface area contributed by atoms with Crippen LogP contribution in [0, 0.1) is 13.8 Å². The third kappa shape index (κ3) is 2.99. The van der Waals surface area contributed by atoms with Gasteiger partial charge < -0.3 is 5.32 Å². The van der Waals surface area contributed by atoms with E-state index in [2.05, 4.69) is 61.4 Å². The fourth-order valence-corrected chi connectivity index (χ4v) is 3.79. The Labute approximate surface area is 129 Å². The molecule has 21 heavy (non-hydrogen) atoms. The SMILES string of the molecule is Cc1cc(C(C)NCc2ccnc3ccccc23)c(C)s1. The summed E-state index contributed by atoms with van der Waals surface area (Å²) in [4.78, 5) is 7.21. The maximum atomic E-state index is 4.42. The molecule has 0 fully saturated rings. The second-order valence-electron chi connectivity index (χ2n) is 5.46. The van der Waals surface area contributed by atoms with Gasteiger partial charge in [0.1, 0.15) is 0 Å².